The predicted octanol–water partition coefficient (Wildman–Crippen LogP) is 0.979. The summed E-state index contributed by atoms with van der Waals surface area (Å²) in [6.07, 6.45) is 1.68. The first-order valence-electron chi connectivity index (χ1n) is 2.60. The number of aliphatic hydroxyl groups is 1. The fraction of sp³-hybridized carbons (Fsp3) is 0.400. The van der Waals surface area contributed by atoms with Crippen molar-refractivity contribution in [3.05, 3.63) is 16.6 Å². The van der Waals surface area contributed by atoms with E-state index in [2.05, 4.69) is 4.98 Å². The Balaban J connectivity index is 0. The van der Waals surface area contributed by atoms with Crippen LogP contribution in [-0.2, 0) is 0 Å². The maximum Gasteiger partial charge on any atom is 0.112 e. The molecule has 0 saturated heterocycles. The molecular formula is C5H10Cl2N2OS. The van der Waals surface area contributed by atoms with E-state index in [0.717, 1.165) is 5.01 Å². The summed E-state index contributed by atoms with van der Waals surface area (Å²) in [5, 5.41) is 11.2. The van der Waals surface area contributed by atoms with Crippen LogP contribution in [0, 0.1) is 0 Å². The molecule has 0 fully saturated rings. The van der Waals surface area contributed by atoms with E-state index in [1.165, 1.54) is 11.3 Å². The lowest BCUT2D eigenvalue weighted by molar-refractivity contribution is 0.267. The van der Waals surface area contributed by atoms with Crippen LogP contribution in [-0.4, -0.2) is 16.7 Å². The molecule has 1 rings (SSSR count). The zero-order chi connectivity index (χ0) is 6.69. The summed E-state index contributed by atoms with van der Waals surface area (Å²) in [7, 11) is 0. The molecule has 0 aliphatic rings. The topological polar surface area (TPSA) is 59.1 Å². The van der Waals surface area contributed by atoms with Crippen LogP contribution in [0.1, 0.15) is 11.0 Å². The van der Waals surface area contributed by atoms with E-state index in [9.17, 15) is 0 Å². The Morgan fingerprint density at radius 2 is 2.27 bits per heavy atom. The van der Waals surface area contributed by atoms with Crippen LogP contribution in [0.2, 0.25) is 0 Å². The van der Waals surface area contributed by atoms with Crippen LogP contribution in [0.25, 0.3) is 0 Å². The number of thiazole rings is 1. The molecule has 1 atom stereocenters. The molecule has 0 radical (unpaired) electrons. The highest BCUT2D eigenvalue weighted by atomic mass is 35.5. The molecule has 1 unspecified atom stereocenters. The number of hydrogen-bond acceptors (Lipinski definition) is 4. The molecule has 0 aliphatic carbocycles. The lowest BCUT2D eigenvalue weighted by atomic mass is 10.4. The first-order chi connectivity index (χ1) is 4.34. The van der Waals surface area contributed by atoms with Gasteiger partial charge in [0.1, 0.15) is 5.01 Å². The van der Waals surface area contributed by atoms with Crippen molar-refractivity contribution in [3.63, 3.8) is 0 Å². The summed E-state index contributed by atoms with van der Waals surface area (Å²) in [5.74, 6) is 0. The van der Waals surface area contributed by atoms with Gasteiger partial charge >= 0.3 is 0 Å². The molecule has 0 aromatic carbocycles. The quantitative estimate of drug-likeness (QED) is 0.776. The average molecular weight is 217 g/mol. The minimum absolute atomic E-state index is 0. The number of nitrogens with zero attached hydrogens (tertiary/aromatic N) is 1. The molecule has 1 heterocycles. The van der Waals surface area contributed by atoms with Crippen LogP contribution >= 0.6 is 36.2 Å². The highest BCUT2D eigenvalue weighted by molar-refractivity contribution is 7.09. The summed E-state index contributed by atoms with van der Waals surface area (Å²) >= 11 is 1.46. The van der Waals surface area contributed by atoms with E-state index in [4.69, 9.17) is 10.8 Å². The number of rotatable bonds is 2. The van der Waals surface area contributed by atoms with Gasteiger partial charge in [0.05, 0.1) is 12.6 Å². The van der Waals surface area contributed by atoms with Gasteiger partial charge < -0.3 is 10.8 Å². The van der Waals surface area contributed by atoms with Gasteiger partial charge in [0.2, 0.25) is 0 Å². The summed E-state index contributed by atoms with van der Waals surface area (Å²) < 4.78 is 0. The number of aromatic nitrogens is 1. The first-order valence-corrected chi connectivity index (χ1v) is 3.48. The van der Waals surface area contributed by atoms with E-state index in [1.54, 1.807) is 6.20 Å². The Morgan fingerprint density at radius 3 is 2.64 bits per heavy atom. The van der Waals surface area contributed by atoms with Crippen molar-refractivity contribution in [2.75, 3.05) is 6.61 Å². The lowest BCUT2D eigenvalue weighted by Gasteiger charge is -2.00. The van der Waals surface area contributed by atoms with Crippen molar-refractivity contribution in [2.45, 2.75) is 6.04 Å². The van der Waals surface area contributed by atoms with Gasteiger partial charge in [-0.3, -0.25) is 0 Å². The molecule has 0 spiro atoms. The summed E-state index contributed by atoms with van der Waals surface area (Å²) in [4.78, 5) is 3.92. The van der Waals surface area contributed by atoms with E-state index < -0.39 is 0 Å². The van der Waals surface area contributed by atoms with Gasteiger partial charge in [-0.2, -0.15) is 0 Å². The Kier molecular flexibility index (Phi) is 8.49. The highest BCUT2D eigenvalue weighted by Gasteiger charge is 2.04. The maximum atomic E-state index is 8.55. The lowest BCUT2D eigenvalue weighted by Crippen LogP contribution is -2.13. The monoisotopic (exact) mass is 216 g/mol. The minimum atomic E-state index is -0.301. The molecule has 0 aliphatic heterocycles. The largest absolute Gasteiger partial charge is 0.394 e. The molecule has 1 aromatic heterocycles. The molecule has 0 amide bonds. The number of hydrogen-bond donors (Lipinski definition) is 2. The van der Waals surface area contributed by atoms with Gasteiger partial charge in [0.25, 0.3) is 0 Å². The smallest absolute Gasteiger partial charge is 0.112 e. The second-order valence-corrected chi connectivity index (χ2v) is 2.59. The SMILES string of the molecule is Cl.Cl.NC(CO)c1nccs1. The van der Waals surface area contributed by atoms with Crippen molar-refractivity contribution < 1.29 is 5.11 Å². The fourth-order valence-corrected chi connectivity index (χ4v) is 1.13. The summed E-state index contributed by atoms with van der Waals surface area (Å²) in [5.41, 5.74) is 5.44. The van der Waals surface area contributed by atoms with Crippen molar-refractivity contribution in [3.8, 4) is 0 Å². The average Bonchev–Trinajstić information content (AvgIpc) is 2.37. The van der Waals surface area contributed by atoms with E-state index in [1.807, 2.05) is 5.38 Å². The van der Waals surface area contributed by atoms with Crippen LogP contribution in [0.5, 0.6) is 0 Å². The number of nitrogens with two attached hydrogens (primary N) is 1. The number of halogens is 2. The normalized spacial score (nSPS) is 11.1. The van der Waals surface area contributed by atoms with Crippen LogP contribution in [0.3, 0.4) is 0 Å². The van der Waals surface area contributed by atoms with E-state index >= 15 is 0 Å². The second-order valence-electron chi connectivity index (χ2n) is 1.66. The van der Waals surface area contributed by atoms with Gasteiger partial charge in [0, 0.05) is 11.6 Å². The van der Waals surface area contributed by atoms with E-state index in [0.29, 0.717) is 0 Å². The van der Waals surface area contributed by atoms with Gasteiger partial charge in [0.15, 0.2) is 0 Å². The third kappa shape index (κ3) is 3.88. The number of aliphatic hydroxyl groups excluding tert-OH is 1. The first kappa shape index (κ1) is 13.7. The Hall–Kier alpha value is 0.130. The van der Waals surface area contributed by atoms with Crippen molar-refractivity contribution >= 4 is 36.2 Å². The molecule has 0 bridgehead atoms. The highest BCUT2D eigenvalue weighted by Crippen LogP contribution is 2.11. The third-order valence-electron chi connectivity index (χ3n) is 0.965. The van der Waals surface area contributed by atoms with Crippen molar-refractivity contribution in [1.82, 2.24) is 4.98 Å². The molecule has 6 heteroatoms. The maximum absolute atomic E-state index is 8.55. The van der Waals surface area contributed by atoms with Crippen LogP contribution in [0.15, 0.2) is 11.6 Å². The third-order valence-corrected chi connectivity index (χ3v) is 1.87. The van der Waals surface area contributed by atoms with E-state index in [-0.39, 0.29) is 37.5 Å². The van der Waals surface area contributed by atoms with Gasteiger partial charge in [-0.1, -0.05) is 0 Å². The summed E-state index contributed by atoms with van der Waals surface area (Å²) in [6.45, 7) is -0.0342. The fourth-order valence-electron chi connectivity index (χ4n) is 0.496. The molecule has 3 nitrogen and oxygen atoms in total. The molecule has 66 valence electrons. The Labute approximate surface area is 81.5 Å². The Bertz CT molecular complexity index is 171. The van der Waals surface area contributed by atoms with Gasteiger partial charge in [-0.15, -0.1) is 36.2 Å². The zero-order valence-electron chi connectivity index (χ0n) is 5.64. The van der Waals surface area contributed by atoms with Crippen LogP contribution in [0.4, 0.5) is 0 Å². The van der Waals surface area contributed by atoms with Crippen LogP contribution < -0.4 is 5.73 Å². The minimum Gasteiger partial charge on any atom is -0.394 e. The molecule has 11 heavy (non-hydrogen) atoms. The zero-order valence-corrected chi connectivity index (χ0v) is 8.09. The second kappa shape index (κ2) is 6.82. The standard InChI is InChI=1S/C5H8N2OS.2ClH/c6-4(3-8)5-7-1-2-9-5;;/h1-2,4,8H,3,6H2;2*1H. The van der Waals surface area contributed by atoms with Crippen molar-refractivity contribution in [1.29, 1.82) is 0 Å². The summed E-state index contributed by atoms with van der Waals surface area (Å²) in [6, 6.07) is -0.301. The van der Waals surface area contributed by atoms with Gasteiger partial charge in [-0.25, -0.2) is 4.98 Å². The molecule has 1 aromatic rings. The molecular weight excluding hydrogens is 207 g/mol. The predicted molar refractivity (Wildman–Crippen MR) is 50.6 cm³/mol. The van der Waals surface area contributed by atoms with Crippen molar-refractivity contribution in [2.24, 2.45) is 5.73 Å². The molecule has 0 saturated carbocycles. The Morgan fingerprint density at radius 1 is 1.64 bits per heavy atom. The van der Waals surface area contributed by atoms with Gasteiger partial charge in [-0.05, 0) is 0 Å². The molecule has 3 N–H and O–H groups in total.